The number of ether oxygens (including phenoxy) is 1. The standard InChI is InChI=1S/C17H15N3O4/c1-24-12-4-2-11(3-5-12)19-15(21)7-9-20-16(22)13-6-8-18-10-14(13)17(20)23/h2-6,8,10H,7,9H2,1H3,(H,19,21). The van der Waals surface area contributed by atoms with E-state index in [0.717, 1.165) is 4.90 Å². The van der Waals surface area contributed by atoms with Gasteiger partial charge < -0.3 is 10.1 Å². The molecule has 1 N–H and O–H groups in total. The molecule has 0 spiro atoms. The van der Waals surface area contributed by atoms with Crippen LogP contribution in [0, 0.1) is 0 Å². The van der Waals surface area contributed by atoms with Crippen LogP contribution in [0.2, 0.25) is 0 Å². The molecular formula is C17H15N3O4. The number of anilines is 1. The molecule has 0 aliphatic carbocycles. The van der Waals surface area contributed by atoms with E-state index in [9.17, 15) is 14.4 Å². The van der Waals surface area contributed by atoms with Crippen molar-refractivity contribution in [3.63, 3.8) is 0 Å². The Bertz CT molecular complexity index is 767. The molecule has 2 heterocycles. The molecule has 3 rings (SSSR count). The summed E-state index contributed by atoms with van der Waals surface area (Å²) in [6.07, 6.45) is 2.85. The molecular weight excluding hydrogens is 310 g/mol. The number of carbonyl (C=O) groups excluding carboxylic acids is 3. The number of pyridine rings is 1. The average molecular weight is 325 g/mol. The number of nitrogens with one attached hydrogen (secondary N) is 1. The fourth-order valence-electron chi connectivity index (χ4n) is 2.45. The first-order chi connectivity index (χ1) is 11.6. The van der Waals surface area contributed by atoms with Gasteiger partial charge in [-0.1, -0.05) is 0 Å². The third kappa shape index (κ3) is 2.96. The Morgan fingerprint density at radius 3 is 2.50 bits per heavy atom. The first kappa shape index (κ1) is 15.7. The fraction of sp³-hybridized carbons (Fsp3) is 0.176. The summed E-state index contributed by atoms with van der Waals surface area (Å²) < 4.78 is 5.04. The number of hydrogen-bond acceptors (Lipinski definition) is 5. The van der Waals surface area contributed by atoms with Gasteiger partial charge in [0.25, 0.3) is 11.8 Å². The van der Waals surface area contributed by atoms with E-state index >= 15 is 0 Å². The Balaban J connectivity index is 1.59. The highest BCUT2D eigenvalue weighted by Gasteiger charge is 2.35. The molecule has 122 valence electrons. The van der Waals surface area contributed by atoms with Crippen molar-refractivity contribution in [2.75, 3.05) is 19.0 Å². The second kappa shape index (κ2) is 6.49. The summed E-state index contributed by atoms with van der Waals surface area (Å²) in [6.45, 7) is 0.0222. The number of hydrogen-bond donors (Lipinski definition) is 1. The molecule has 3 amide bonds. The second-order valence-electron chi connectivity index (χ2n) is 5.21. The van der Waals surface area contributed by atoms with E-state index in [1.807, 2.05) is 0 Å². The Kier molecular flexibility index (Phi) is 4.24. The summed E-state index contributed by atoms with van der Waals surface area (Å²) in [6, 6.07) is 8.39. The zero-order chi connectivity index (χ0) is 17.1. The minimum atomic E-state index is -0.416. The zero-order valence-electron chi connectivity index (χ0n) is 13.0. The highest BCUT2D eigenvalue weighted by atomic mass is 16.5. The second-order valence-corrected chi connectivity index (χ2v) is 5.21. The number of amides is 3. The monoisotopic (exact) mass is 325 g/mol. The van der Waals surface area contributed by atoms with Crippen LogP contribution in [-0.2, 0) is 4.79 Å². The van der Waals surface area contributed by atoms with Gasteiger partial charge in [0.15, 0.2) is 0 Å². The molecule has 7 heteroatoms. The third-order valence-electron chi connectivity index (χ3n) is 3.71. The number of aromatic nitrogens is 1. The molecule has 0 fully saturated rings. The zero-order valence-corrected chi connectivity index (χ0v) is 13.0. The van der Waals surface area contributed by atoms with E-state index in [-0.39, 0.29) is 24.4 Å². The quantitative estimate of drug-likeness (QED) is 0.846. The summed E-state index contributed by atoms with van der Waals surface area (Å²) in [5, 5.41) is 2.71. The van der Waals surface area contributed by atoms with Crippen LogP contribution in [0.5, 0.6) is 5.75 Å². The lowest BCUT2D eigenvalue weighted by Gasteiger charge is -2.13. The van der Waals surface area contributed by atoms with Crippen LogP contribution in [0.3, 0.4) is 0 Å². The highest BCUT2D eigenvalue weighted by molar-refractivity contribution is 6.21. The summed E-state index contributed by atoms with van der Waals surface area (Å²) in [7, 11) is 1.56. The van der Waals surface area contributed by atoms with Crippen LogP contribution in [0.1, 0.15) is 27.1 Å². The van der Waals surface area contributed by atoms with Crippen molar-refractivity contribution < 1.29 is 19.1 Å². The van der Waals surface area contributed by atoms with Gasteiger partial charge in [-0.05, 0) is 30.3 Å². The molecule has 24 heavy (non-hydrogen) atoms. The van der Waals surface area contributed by atoms with Crippen LogP contribution in [0.15, 0.2) is 42.7 Å². The summed E-state index contributed by atoms with van der Waals surface area (Å²) in [5.41, 5.74) is 1.22. The number of benzene rings is 1. The van der Waals surface area contributed by atoms with E-state index in [4.69, 9.17) is 4.74 Å². The maximum absolute atomic E-state index is 12.2. The Hall–Kier alpha value is -3.22. The first-order valence-corrected chi connectivity index (χ1v) is 7.34. The van der Waals surface area contributed by atoms with E-state index in [1.54, 1.807) is 31.4 Å². The molecule has 0 saturated heterocycles. The van der Waals surface area contributed by atoms with Crippen molar-refractivity contribution in [2.45, 2.75) is 6.42 Å². The van der Waals surface area contributed by atoms with Crippen molar-refractivity contribution in [1.82, 2.24) is 9.88 Å². The summed E-state index contributed by atoms with van der Waals surface area (Å²) >= 11 is 0. The predicted molar refractivity (Wildman–Crippen MR) is 85.8 cm³/mol. The number of carbonyl (C=O) groups is 3. The molecule has 1 aliphatic rings. The predicted octanol–water partition coefficient (Wildman–Crippen LogP) is 1.71. The van der Waals surface area contributed by atoms with Crippen LogP contribution < -0.4 is 10.1 Å². The van der Waals surface area contributed by atoms with Crippen molar-refractivity contribution in [3.05, 3.63) is 53.9 Å². The number of methoxy groups -OCH3 is 1. The molecule has 0 unspecified atom stereocenters. The van der Waals surface area contributed by atoms with Crippen molar-refractivity contribution >= 4 is 23.4 Å². The molecule has 0 bridgehead atoms. The average Bonchev–Trinajstić information content (AvgIpc) is 2.85. The van der Waals surface area contributed by atoms with Gasteiger partial charge in [0.1, 0.15) is 5.75 Å². The molecule has 0 atom stereocenters. The third-order valence-corrected chi connectivity index (χ3v) is 3.71. The van der Waals surface area contributed by atoms with Gasteiger partial charge in [-0.2, -0.15) is 0 Å². The lowest BCUT2D eigenvalue weighted by Crippen LogP contribution is -2.32. The van der Waals surface area contributed by atoms with Gasteiger partial charge in [-0.25, -0.2) is 0 Å². The van der Waals surface area contributed by atoms with Crippen LogP contribution in [0.25, 0.3) is 0 Å². The summed E-state index contributed by atoms with van der Waals surface area (Å²) in [4.78, 5) is 41.3. The van der Waals surface area contributed by atoms with Gasteiger partial charge in [0.2, 0.25) is 5.91 Å². The first-order valence-electron chi connectivity index (χ1n) is 7.34. The van der Waals surface area contributed by atoms with Crippen LogP contribution in [0.4, 0.5) is 5.69 Å². The Labute approximate surface area is 138 Å². The molecule has 1 aromatic heterocycles. The van der Waals surface area contributed by atoms with E-state index in [0.29, 0.717) is 17.0 Å². The number of imide groups is 1. The fourth-order valence-corrected chi connectivity index (χ4v) is 2.45. The maximum atomic E-state index is 12.2. The smallest absolute Gasteiger partial charge is 0.263 e. The van der Waals surface area contributed by atoms with Gasteiger partial charge in [-0.3, -0.25) is 24.3 Å². The van der Waals surface area contributed by atoms with Gasteiger partial charge in [0, 0.05) is 31.0 Å². The number of rotatable bonds is 5. The lowest BCUT2D eigenvalue weighted by atomic mass is 10.2. The SMILES string of the molecule is COc1ccc(NC(=O)CCN2C(=O)c3ccncc3C2=O)cc1. The topological polar surface area (TPSA) is 88.6 Å². The number of nitrogens with zero attached hydrogens (tertiary/aromatic N) is 2. The van der Waals surface area contributed by atoms with Gasteiger partial charge in [0.05, 0.1) is 18.2 Å². The van der Waals surface area contributed by atoms with Crippen molar-refractivity contribution in [1.29, 1.82) is 0 Å². The Morgan fingerprint density at radius 1 is 1.12 bits per heavy atom. The van der Waals surface area contributed by atoms with Crippen LogP contribution in [-0.4, -0.2) is 41.3 Å². The van der Waals surface area contributed by atoms with E-state index < -0.39 is 11.8 Å². The highest BCUT2D eigenvalue weighted by Crippen LogP contribution is 2.21. The molecule has 0 radical (unpaired) electrons. The largest absolute Gasteiger partial charge is 0.497 e. The van der Waals surface area contributed by atoms with E-state index in [2.05, 4.69) is 10.3 Å². The lowest BCUT2D eigenvalue weighted by molar-refractivity contribution is -0.116. The minimum absolute atomic E-state index is 0.0188. The molecule has 1 aromatic carbocycles. The van der Waals surface area contributed by atoms with Gasteiger partial charge >= 0.3 is 0 Å². The van der Waals surface area contributed by atoms with Crippen molar-refractivity contribution in [3.8, 4) is 5.75 Å². The van der Waals surface area contributed by atoms with E-state index in [1.165, 1.54) is 18.5 Å². The Morgan fingerprint density at radius 2 is 1.83 bits per heavy atom. The normalized spacial score (nSPS) is 13.0. The van der Waals surface area contributed by atoms with Crippen LogP contribution >= 0.6 is 0 Å². The van der Waals surface area contributed by atoms with Gasteiger partial charge in [-0.15, -0.1) is 0 Å². The maximum Gasteiger partial charge on any atom is 0.263 e. The molecule has 2 aromatic rings. The summed E-state index contributed by atoms with van der Waals surface area (Å²) in [5.74, 6) is -0.405. The number of fused-ring (bicyclic) bond motifs is 1. The molecule has 7 nitrogen and oxygen atoms in total. The minimum Gasteiger partial charge on any atom is -0.497 e. The van der Waals surface area contributed by atoms with Crippen molar-refractivity contribution in [2.24, 2.45) is 0 Å². The molecule has 1 aliphatic heterocycles. The molecule has 0 saturated carbocycles.